The molecule has 6 nitrogen and oxygen atoms in total. The van der Waals surface area contributed by atoms with Crippen LogP contribution in [0.25, 0.3) is 0 Å². The smallest absolute Gasteiger partial charge is 0.0951 e. The molecule has 1 N–H and O–H groups in total. The molecule has 0 fully saturated rings. The predicted molar refractivity (Wildman–Crippen MR) is 72.9 cm³/mol. The summed E-state index contributed by atoms with van der Waals surface area (Å²) in [5.41, 5.74) is 3.57. The summed E-state index contributed by atoms with van der Waals surface area (Å²) in [6.07, 6.45) is 5.67. The highest BCUT2D eigenvalue weighted by Crippen LogP contribution is 2.10. The Morgan fingerprint density at radius 2 is 2.21 bits per heavy atom. The van der Waals surface area contributed by atoms with Gasteiger partial charge in [0, 0.05) is 44.7 Å². The van der Waals surface area contributed by atoms with Crippen molar-refractivity contribution in [2.45, 2.75) is 20.0 Å². The van der Waals surface area contributed by atoms with E-state index in [1.807, 2.05) is 30.5 Å². The number of rotatable bonds is 7. The van der Waals surface area contributed by atoms with E-state index in [4.69, 9.17) is 4.74 Å². The van der Waals surface area contributed by atoms with Crippen molar-refractivity contribution in [1.82, 2.24) is 24.6 Å². The van der Waals surface area contributed by atoms with E-state index in [0.717, 1.165) is 26.2 Å². The van der Waals surface area contributed by atoms with Crippen molar-refractivity contribution in [1.29, 1.82) is 0 Å². The minimum atomic E-state index is 0.718. The minimum Gasteiger partial charge on any atom is -0.383 e. The van der Waals surface area contributed by atoms with Crippen LogP contribution in [0.1, 0.15) is 17.0 Å². The summed E-state index contributed by atoms with van der Waals surface area (Å²) in [4.78, 5) is 4.22. The molecule has 0 saturated heterocycles. The molecule has 0 unspecified atom stereocenters. The molecule has 0 radical (unpaired) electrons. The van der Waals surface area contributed by atoms with Gasteiger partial charge >= 0.3 is 0 Å². The quantitative estimate of drug-likeness (QED) is 0.748. The van der Waals surface area contributed by atoms with Gasteiger partial charge in [0.15, 0.2) is 0 Å². The number of methoxy groups -OCH3 is 1. The minimum absolute atomic E-state index is 0.718. The van der Waals surface area contributed by atoms with Gasteiger partial charge in [-0.05, 0) is 6.92 Å². The van der Waals surface area contributed by atoms with E-state index in [1.165, 1.54) is 17.0 Å². The topological polar surface area (TPSA) is 56.9 Å². The lowest BCUT2D eigenvalue weighted by atomic mass is 10.2. The molecule has 104 valence electrons. The maximum absolute atomic E-state index is 5.01. The fourth-order valence-corrected chi connectivity index (χ4v) is 1.91. The maximum atomic E-state index is 5.01. The zero-order valence-electron chi connectivity index (χ0n) is 11.8. The normalized spacial score (nSPS) is 11.1. The van der Waals surface area contributed by atoms with Crippen molar-refractivity contribution >= 4 is 0 Å². The van der Waals surface area contributed by atoms with E-state index in [-0.39, 0.29) is 0 Å². The average molecular weight is 263 g/mol. The summed E-state index contributed by atoms with van der Waals surface area (Å²) >= 11 is 0. The molecule has 19 heavy (non-hydrogen) atoms. The summed E-state index contributed by atoms with van der Waals surface area (Å²) in [7, 11) is 3.66. The molecule has 0 aliphatic carbocycles. The molecule has 2 heterocycles. The van der Waals surface area contributed by atoms with Crippen molar-refractivity contribution in [3.05, 3.63) is 35.7 Å². The summed E-state index contributed by atoms with van der Waals surface area (Å²) in [6, 6.07) is 0. The van der Waals surface area contributed by atoms with Gasteiger partial charge in [0.05, 0.1) is 31.4 Å². The molecule has 0 spiro atoms. The summed E-state index contributed by atoms with van der Waals surface area (Å²) in [6.45, 7) is 5.24. The van der Waals surface area contributed by atoms with Gasteiger partial charge in [0.1, 0.15) is 0 Å². The Hall–Kier alpha value is -1.66. The Bertz CT molecular complexity index is 517. The van der Waals surface area contributed by atoms with Crippen LogP contribution in [-0.2, 0) is 24.9 Å². The molecule has 0 aliphatic heterocycles. The van der Waals surface area contributed by atoms with Gasteiger partial charge in [-0.25, -0.2) is 4.98 Å². The molecular weight excluding hydrogens is 242 g/mol. The number of nitrogens with zero attached hydrogens (tertiary/aromatic N) is 4. The molecule has 6 heteroatoms. The second-order valence-corrected chi connectivity index (χ2v) is 4.56. The van der Waals surface area contributed by atoms with E-state index < -0.39 is 0 Å². The molecule has 0 saturated carbocycles. The molecule has 2 aromatic rings. The first-order chi connectivity index (χ1) is 9.22. The van der Waals surface area contributed by atoms with Crippen molar-refractivity contribution in [2.24, 2.45) is 7.05 Å². The standard InChI is InChI=1S/C13H21N5O/c1-11-12(6-16-17(11)2)9-18-10-15-8-13(18)7-14-4-5-19-3/h6,8,10,14H,4-5,7,9H2,1-3H3. The molecule has 0 aromatic carbocycles. The van der Waals surface area contributed by atoms with Crippen LogP contribution >= 0.6 is 0 Å². The van der Waals surface area contributed by atoms with E-state index in [0.29, 0.717) is 0 Å². The molecule has 0 amide bonds. The fourth-order valence-electron chi connectivity index (χ4n) is 1.91. The second-order valence-electron chi connectivity index (χ2n) is 4.56. The van der Waals surface area contributed by atoms with Crippen LogP contribution in [0.5, 0.6) is 0 Å². The van der Waals surface area contributed by atoms with Gasteiger partial charge in [0.2, 0.25) is 0 Å². The largest absolute Gasteiger partial charge is 0.383 e. The van der Waals surface area contributed by atoms with Gasteiger partial charge in [-0.15, -0.1) is 0 Å². The van der Waals surface area contributed by atoms with Gasteiger partial charge in [-0.3, -0.25) is 4.68 Å². The Balaban J connectivity index is 1.97. The molecular formula is C13H21N5O. The van der Waals surface area contributed by atoms with Crippen molar-refractivity contribution in [2.75, 3.05) is 20.3 Å². The third kappa shape index (κ3) is 3.42. The Labute approximate surface area is 113 Å². The van der Waals surface area contributed by atoms with Gasteiger partial charge in [-0.2, -0.15) is 5.10 Å². The number of hydrogen-bond acceptors (Lipinski definition) is 4. The number of hydrogen-bond donors (Lipinski definition) is 1. The summed E-state index contributed by atoms with van der Waals surface area (Å²) in [5, 5.41) is 7.59. The van der Waals surface area contributed by atoms with Crippen LogP contribution in [0, 0.1) is 6.92 Å². The van der Waals surface area contributed by atoms with Crippen LogP contribution in [0.3, 0.4) is 0 Å². The zero-order chi connectivity index (χ0) is 13.7. The number of aromatic nitrogens is 4. The van der Waals surface area contributed by atoms with Crippen LogP contribution in [0.2, 0.25) is 0 Å². The lowest BCUT2D eigenvalue weighted by molar-refractivity contribution is 0.199. The second kappa shape index (κ2) is 6.49. The lowest BCUT2D eigenvalue weighted by Crippen LogP contribution is -2.20. The zero-order valence-corrected chi connectivity index (χ0v) is 11.8. The summed E-state index contributed by atoms with van der Waals surface area (Å²) < 4.78 is 9.04. The van der Waals surface area contributed by atoms with E-state index in [1.54, 1.807) is 7.11 Å². The highest BCUT2D eigenvalue weighted by Gasteiger charge is 2.07. The van der Waals surface area contributed by atoms with Crippen molar-refractivity contribution in [3.63, 3.8) is 0 Å². The SMILES string of the molecule is COCCNCc1cncn1Cc1cnn(C)c1C. The third-order valence-electron chi connectivity index (χ3n) is 3.27. The first-order valence-corrected chi connectivity index (χ1v) is 6.38. The third-order valence-corrected chi connectivity index (χ3v) is 3.27. The highest BCUT2D eigenvalue weighted by molar-refractivity contribution is 5.17. The van der Waals surface area contributed by atoms with Crippen LogP contribution < -0.4 is 5.32 Å². The number of nitrogens with one attached hydrogen (secondary N) is 1. The molecule has 0 atom stereocenters. The summed E-state index contributed by atoms with van der Waals surface area (Å²) in [5.74, 6) is 0. The molecule has 2 rings (SSSR count). The highest BCUT2D eigenvalue weighted by atomic mass is 16.5. The van der Waals surface area contributed by atoms with Gasteiger partial charge in [-0.1, -0.05) is 0 Å². The Morgan fingerprint density at radius 3 is 2.89 bits per heavy atom. The maximum Gasteiger partial charge on any atom is 0.0951 e. The Kier molecular flexibility index (Phi) is 4.70. The number of ether oxygens (including phenoxy) is 1. The molecule has 0 aliphatic rings. The predicted octanol–water partition coefficient (Wildman–Crippen LogP) is 0.709. The first-order valence-electron chi connectivity index (χ1n) is 6.38. The monoisotopic (exact) mass is 263 g/mol. The molecule has 0 bridgehead atoms. The number of imidazole rings is 1. The fraction of sp³-hybridized carbons (Fsp3) is 0.538. The number of aryl methyl sites for hydroxylation is 1. The van der Waals surface area contributed by atoms with Crippen LogP contribution in [0.15, 0.2) is 18.7 Å². The average Bonchev–Trinajstić information content (AvgIpc) is 2.97. The Morgan fingerprint density at radius 1 is 1.37 bits per heavy atom. The van der Waals surface area contributed by atoms with E-state index >= 15 is 0 Å². The molecule has 2 aromatic heterocycles. The van der Waals surface area contributed by atoms with Gasteiger partial charge in [0.25, 0.3) is 0 Å². The van der Waals surface area contributed by atoms with Crippen LogP contribution in [-0.4, -0.2) is 39.6 Å². The van der Waals surface area contributed by atoms with Gasteiger partial charge < -0.3 is 14.6 Å². The van der Waals surface area contributed by atoms with Crippen molar-refractivity contribution < 1.29 is 4.74 Å². The first kappa shape index (κ1) is 13.8. The van der Waals surface area contributed by atoms with E-state index in [2.05, 4.69) is 26.9 Å². The van der Waals surface area contributed by atoms with Crippen LogP contribution in [0.4, 0.5) is 0 Å². The lowest BCUT2D eigenvalue weighted by Gasteiger charge is -2.09. The van der Waals surface area contributed by atoms with E-state index in [9.17, 15) is 0 Å². The van der Waals surface area contributed by atoms with Crippen molar-refractivity contribution in [3.8, 4) is 0 Å².